The van der Waals surface area contributed by atoms with Gasteiger partial charge in [0.05, 0.1) is 13.0 Å². The van der Waals surface area contributed by atoms with Crippen LogP contribution < -0.4 is 4.74 Å². The van der Waals surface area contributed by atoms with Gasteiger partial charge in [0.15, 0.2) is 0 Å². The summed E-state index contributed by atoms with van der Waals surface area (Å²) in [6, 6.07) is 14.5. The van der Waals surface area contributed by atoms with E-state index in [1.165, 1.54) is 10.9 Å². The summed E-state index contributed by atoms with van der Waals surface area (Å²) in [7, 11) is 1.67. The van der Waals surface area contributed by atoms with Gasteiger partial charge in [-0.15, -0.1) is 11.6 Å². The lowest BCUT2D eigenvalue weighted by molar-refractivity contribution is 0.411. The van der Waals surface area contributed by atoms with E-state index in [-0.39, 0.29) is 0 Å². The normalized spacial score (nSPS) is 10.8. The molecule has 1 N–H and O–H groups in total. The molecule has 0 unspecified atom stereocenters. The van der Waals surface area contributed by atoms with Crippen LogP contribution >= 0.6 is 11.6 Å². The van der Waals surface area contributed by atoms with Gasteiger partial charge in [-0.05, 0) is 29.3 Å². The third kappa shape index (κ3) is 2.08. The van der Waals surface area contributed by atoms with Crippen molar-refractivity contribution >= 4 is 22.5 Å². The van der Waals surface area contributed by atoms with Crippen molar-refractivity contribution in [2.24, 2.45) is 0 Å². The second-order valence-electron chi connectivity index (χ2n) is 4.40. The standard InChI is InChI=1S/C16H14ClNO/c1-19-16-9-11(5-6-12(16)10-17)13-3-2-4-15-14(13)7-8-18-15/h2-9,18H,10H2,1H3. The summed E-state index contributed by atoms with van der Waals surface area (Å²) < 4.78 is 5.40. The summed E-state index contributed by atoms with van der Waals surface area (Å²) in [6.45, 7) is 0. The molecule has 2 nitrogen and oxygen atoms in total. The second kappa shape index (κ2) is 4.98. The van der Waals surface area contributed by atoms with Crippen molar-refractivity contribution in [2.45, 2.75) is 5.88 Å². The summed E-state index contributed by atoms with van der Waals surface area (Å²) in [5.74, 6) is 1.29. The Kier molecular flexibility index (Phi) is 3.18. The molecule has 1 heterocycles. The molecule has 0 bridgehead atoms. The van der Waals surface area contributed by atoms with E-state index >= 15 is 0 Å². The topological polar surface area (TPSA) is 25.0 Å². The number of nitrogens with one attached hydrogen (secondary N) is 1. The summed E-state index contributed by atoms with van der Waals surface area (Å²) in [5.41, 5.74) is 4.47. The van der Waals surface area contributed by atoms with Crippen LogP contribution in [-0.2, 0) is 5.88 Å². The molecule has 96 valence electrons. The lowest BCUT2D eigenvalue weighted by Crippen LogP contribution is -1.90. The Morgan fingerprint density at radius 2 is 2.05 bits per heavy atom. The van der Waals surface area contributed by atoms with Gasteiger partial charge < -0.3 is 9.72 Å². The molecule has 2 aromatic carbocycles. The number of hydrogen-bond acceptors (Lipinski definition) is 1. The highest BCUT2D eigenvalue weighted by atomic mass is 35.5. The fraction of sp³-hybridized carbons (Fsp3) is 0.125. The quantitative estimate of drug-likeness (QED) is 0.693. The number of H-pyrrole nitrogens is 1. The second-order valence-corrected chi connectivity index (χ2v) is 4.67. The van der Waals surface area contributed by atoms with Gasteiger partial charge in [0.25, 0.3) is 0 Å². The van der Waals surface area contributed by atoms with Crippen molar-refractivity contribution < 1.29 is 4.74 Å². The van der Waals surface area contributed by atoms with Crippen LogP contribution in [0.1, 0.15) is 5.56 Å². The first kappa shape index (κ1) is 12.1. The Morgan fingerprint density at radius 3 is 2.84 bits per heavy atom. The average Bonchev–Trinajstić information content (AvgIpc) is 2.94. The molecule has 0 aliphatic heterocycles. The molecule has 0 saturated heterocycles. The molecule has 19 heavy (non-hydrogen) atoms. The van der Waals surface area contributed by atoms with Gasteiger partial charge in [0.1, 0.15) is 5.75 Å². The minimum Gasteiger partial charge on any atom is -0.496 e. The van der Waals surface area contributed by atoms with Crippen molar-refractivity contribution in [3.63, 3.8) is 0 Å². The number of ether oxygens (including phenoxy) is 1. The zero-order chi connectivity index (χ0) is 13.2. The van der Waals surface area contributed by atoms with Gasteiger partial charge in [0.2, 0.25) is 0 Å². The molecule has 3 rings (SSSR count). The lowest BCUT2D eigenvalue weighted by atomic mass is 10.0. The molecule has 1 aromatic heterocycles. The smallest absolute Gasteiger partial charge is 0.123 e. The Hall–Kier alpha value is -1.93. The SMILES string of the molecule is COc1cc(-c2cccc3[nH]ccc23)ccc1CCl. The molecule has 0 atom stereocenters. The Bertz CT molecular complexity index is 718. The zero-order valence-corrected chi connectivity index (χ0v) is 11.4. The van der Waals surface area contributed by atoms with Crippen LogP contribution in [0.2, 0.25) is 0 Å². The van der Waals surface area contributed by atoms with Crippen LogP contribution in [0.3, 0.4) is 0 Å². The first-order valence-electron chi connectivity index (χ1n) is 6.13. The first-order valence-corrected chi connectivity index (χ1v) is 6.66. The minimum atomic E-state index is 0.456. The highest BCUT2D eigenvalue weighted by Crippen LogP contribution is 2.32. The first-order chi connectivity index (χ1) is 9.33. The largest absolute Gasteiger partial charge is 0.496 e. The van der Waals surface area contributed by atoms with Crippen LogP contribution in [-0.4, -0.2) is 12.1 Å². The monoisotopic (exact) mass is 271 g/mol. The third-order valence-corrected chi connectivity index (χ3v) is 3.62. The summed E-state index contributed by atoms with van der Waals surface area (Å²) in [6.07, 6.45) is 1.96. The van der Waals surface area contributed by atoms with Gasteiger partial charge in [-0.1, -0.05) is 24.3 Å². The van der Waals surface area contributed by atoms with E-state index < -0.39 is 0 Å². The van der Waals surface area contributed by atoms with Crippen LogP contribution in [0.4, 0.5) is 0 Å². The van der Waals surface area contributed by atoms with E-state index in [1.54, 1.807) is 7.11 Å². The maximum Gasteiger partial charge on any atom is 0.123 e. The van der Waals surface area contributed by atoms with Gasteiger partial charge >= 0.3 is 0 Å². The van der Waals surface area contributed by atoms with Crippen molar-refractivity contribution in [1.29, 1.82) is 0 Å². The van der Waals surface area contributed by atoms with E-state index in [0.29, 0.717) is 5.88 Å². The fourth-order valence-electron chi connectivity index (χ4n) is 2.36. The molecule has 0 aliphatic carbocycles. The van der Waals surface area contributed by atoms with Crippen LogP contribution in [0.15, 0.2) is 48.7 Å². The van der Waals surface area contributed by atoms with E-state index in [2.05, 4.69) is 35.3 Å². The van der Waals surface area contributed by atoms with Crippen molar-refractivity contribution in [3.05, 3.63) is 54.2 Å². The number of methoxy groups -OCH3 is 1. The predicted octanol–water partition coefficient (Wildman–Crippen LogP) is 4.58. The number of rotatable bonds is 3. The Balaban J connectivity index is 2.19. The Labute approximate surface area is 117 Å². The van der Waals surface area contributed by atoms with E-state index in [1.807, 2.05) is 18.3 Å². The van der Waals surface area contributed by atoms with Crippen molar-refractivity contribution in [2.75, 3.05) is 7.11 Å². The highest BCUT2D eigenvalue weighted by molar-refractivity contribution is 6.17. The molecule has 3 aromatic rings. The van der Waals surface area contributed by atoms with E-state index in [4.69, 9.17) is 16.3 Å². The van der Waals surface area contributed by atoms with Gasteiger partial charge in [-0.2, -0.15) is 0 Å². The summed E-state index contributed by atoms with van der Waals surface area (Å²) >= 11 is 5.90. The minimum absolute atomic E-state index is 0.456. The van der Waals surface area contributed by atoms with Gasteiger partial charge in [0, 0.05) is 22.7 Å². The summed E-state index contributed by atoms with van der Waals surface area (Å²) in [4.78, 5) is 3.23. The summed E-state index contributed by atoms with van der Waals surface area (Å²) in [5, 5.41) is 1.21. The van der Waals surface area contributed by atoms with Crippen molar-refractivity contribution in [1.82, 2.24) is 4.98 Å². The van der Waals surface area contributed by atoms with Gasteiger partial charge in [-0.25, -0.2) is 0 Å². The van der Waals surface area contributed by atoms with E-state index in [0.717, 1.165) is 22.4 Å². The highest BCUT2D eigenvalue weighted by Gasteiger charge is 2.08. The number of aromatic nitrogens is 1. The number of hydrogen-bond donors (Lipinski definition) is 1. The fourth-order valence-corrected chi connectivity index (χ4v) is 2.58. The molecular weight excluding hydrogens is 258 g/mol. The number of alkyl halides is 1. The molecule has 0 spiro atoms. The molecule has 3 heteroatoms. The average molecular weight is 272 g/mol. The molecule has 0 amide bonds. The predicted molar refractivity (Wildman–Crippen MR) is 79.8 cm³/mol. The van der Waals surface area contributed by atoms with Crippen LogP contribution in [0.5, 0.6) is 5.75 Å². The van der Waals surface area contributed by atoms with Crippen LogP contribution in [0.25, 0.3) is 22.0 Å². The molecule has 0 aliphatic rings. The maximum absolute atomic E-state index is 5.90. The zero-order valence-electron chi connectivity index (χ0n) is 10.6. The number of aromatic amines is 1. The molecule has 0 saturated carbocycles. The van der Waals surface area contributed by atoms with E-state index in [9.17, 15) is 0 Å². The number of benzene rings is 2. The molecule has 0 fully saturated rings. The third-order valence-electron chi connectivity index (χ3n) is 3.34. The van der Waals surface area contributed by atoms with Crippen molar-refractivity contribution in [3.8, 4) is 16.9 Å². The maximum atomic E-state index is 5.90. The Morgan fingerprint density at radius 1 is 1.16 bits per heavy atom. The number of fused-ring (bicyclic) bond motifs is 1. The van der Waals surface area contributed by atoms with Crippen LogP contribution in [0, 0.1) is 0 Å². The number of halogens is 1. The van der Waals surface area contributed by atoms with Gasteiger partial charge in [-0.3, -0.25) is 0 Å². The molecule has 0 radical (unpaired) electrons. The lowest BCUT2D eigenvalue weighted by Gasteiger charge is -2.10. The molecular formula is C16H14ClNO.